The molecule has 2 aromatic carbocycles. The number of amidine groups is 1. The van der Waals surface area contributed by atoms with Gasteiger partial charge in [-0.05, 0) is 65.6 Å². The summed E-state index contributed by atoms with van der Waals surface area (Å²) in [6.07, 6.45) is 3.69. The molecule has 1 saturated carbocycles. The van der Waals surface area contributed by atoms with Crippen molar-refractivity contribution in [2.24, 2.45) is 4.99 Å². The number of morpholine rings is 1. The normalized spacial score (nSPS) is 20.8. The molecule has 2 heterocycles. The molecule has 36 heavy (non-hydrogen) atoms. The zero-order valence-corrected chi connectivity index (χ0v) is 21.0. The van der Waals surface area contributed by atoms with E-state index in [0.717, 1.165) is 40.5 Å². The summed E-state index contributed by atoms with van der Waals surface area (Å²) in [6.45, 7) is 2.75. The molecule has 8 heteroatoms. The average molecular weight is 502 g/mol. The Labute approximate surface area is 214 Å². The Bertz CT molecular complexity index is 1290. The molecule has 0 bridgehead atoms. The van der Waals surface area contributed by atoms with Crippen LogP contribution in [-0.4, -0.2) is 55.2 Å². The molecule has 0 aromatic heterocycles. The third-order valence-electron chi connectivity index (χ3n) is 7.00. The lowest BCUT2D eigenvalue weighted by Gasteiger charge is -2.32. The van der Waals surface area contributed by atoms with Gasteiger partial charge in [-0.25, -0.2) is 0 Å². The molecule has 2 fully saturated rings. The van der Waals surface area contributed by atoms with Crippen LogP contribution < -0.4 is 4.74 Å². The number of methoxy groups -OCH3 is 1. The molecule has 7 nitrogen and oxygen atoms in total. The Hall–Kier alpha value is -3.41. The fourth-order valence-corrected chi connectivity index (χ4v) is 5.87. The van der Waals surface area contributed by atoms with Gasteiger partial charge in [0, 0.05) is 31.5 Å². The molecule has 184 valence electrons. The number of hydrogen-bond donors (Lipinski definition) is 0. The second-order valence-corrected chi connectivity index (χ2v) is 10.2. The molecule has 0 spiro atoms. The number of amides is 1. The van der Waals surface area contributed by atoms with Gasteiger partial charge in [0.25, 0.3) is 5.91 Å². The second kappa shape index (κ2) is 10.3. The molecule has 2 aliphatic heterocycles. The highest BCUT2D eigenvalue weighted by molar-refractivity contribution is 8.18. The van der Waals surface area contributed by atoms with Gasteiger partial charge in [0.1, 0.15) is 11.5 Å². The first-order valence-electron chi connectivity index (χ1n) is 12.1. The summed E-state index contributed by atoms with van der Waals surface area (Å²) in [6, 6.07) is 16.3. The monoisotopic (exact) mass is 501 g/mol. The van der Waals surface area contributed by atoms with Crippen molar-refractivity contribution in [3.63, 3.8) is 0 Å². The van der Waals surface area contributed by atoms with Crippen molar-refractivity contribution in [3.8, 4) is 22.9 Å². The van der Waals surface area contributed by atoms with Crippen molar-refractivity contribution in [1.82, 2.24) is 4.90 Å². The highest BCUT2D eigenvalue weighted by atomic mass is 32.2. The summed E-state index contributed by atoms with van der Waals surface area (Å²) in [5.41, 5.74) is 2.91. The number of ketones is 1. The van der Waals surface area contributed by atoms with E-state index in [1.165, 1.54) is 11.8 Å². The third kappa shape index (κ3) is 4.81. The zero-order chi connectivity index (χ0) is 25.1. The number of hydrogen-bond acceptors (Lipinski definition) is 7. The van der Waals surface area contributed by atoms with Gasteiger partial charge < -0.3 is 14.4 Å². The first-order chi connectivity index (χ1) is 17.5. The summed E-state index contributed by atoms with van der Waals surface area (Å²) in [4.78, 5) is 31.4. The van der Waals surface area contributed by atoms with Crippen LogP contribution in [0.4, 0.5) is 0 Å². The molecule has 5 rings (SSSR count). The predicted molar refractivity (Wildman–Crippen MR) is 140 cm³/mol. The second-order valence-electron chi connectivity index (χ2n) is 9.18. The predicted octanol–water partition coefficient (Wildman–Crippen LogP) is 4.57. The van der Waals surface area contributed by atoms with Crippen LogP contribution in [0.2, 0.25) is 0 Å². The van der Waals surface area contributed by atoms with Gasteiger partial charge in [0.15, 0.2) is 5.17 Å². The van der Waals surface area contributed by atoms with Gasteiger partial charge in [-0.3, -0.25) is 9.59 Å². The van der Waals surface area contributed by atoms with Gasteiger partial charge in [-0.15, -0.1) is 0 Å². The molecular weight excluding hydrogens is 474 g/mol. The number of carbonyl (C=O) groups excluding carboxylic acids is 2. The largest absolute Gasteiger partial charge is 0.496 e. The molecule has 2 aromatic rings. The van der Waals surface area contributed by atoms with Gasteiger partial charge in [0.05, 0.1) is 36.7 Å². The standard InChI is InChI=1S/C28H27N3O4S/c1-34-24-6-5-21(17-23(24)28(18-29)9-7-22(32)8-10-28)20-4-2-3-19(15-20)16-25-26(33)30-27(36-25)31-11-13-35-14-12-31/h2-6,15-17H,7-14H2,1H3/b25-16-. The fraction of sp³-hybridized carbons (Fsp3) is 0.357. The molecular formula is C28H27N3O4S. The van der Waals surface area contributed by atoms with Crippen LogP contribution in [0, 0.1) is 11.3 Å². The van der Waals surface area contributed by atoms with Crippen molar-refractivity contribution < 1.29 is 19.1 Å². The minimum Gasteiger partial charge on any atom is -0.496 e. The minimum absolute atomic E-state index is 0.205. The molecule has 3 aliphatic rings. The summed E-state index contributed by atoms with van der Waals surface area (Å²) >= 11 is 1.40. The van der Waals surface area contributed by atoms with E-state index < -0.39 is 5.41 Å². The van der Waals surface area contributed by atoms with Crippen LogP contribution in [-0.2, 0) is 19.7 Å². The number of thioether (sulfide) groups is 1. The van der Waals surface area contributed by atoms with E-state index in [4.69, 9.17) is 9.47 Å². The molecule has 1 aliphatic carbocycles. The van der Waals surface area contributed by atoms with Crippen molar-refractivity contribution >= 4 is 34.7 Å². The molecule has 0 unspecified atom stereocenters. The van der Waals surface area contributed by atoms with Crippen LogP contribution in [0.3, 0.4) is 0 Å². The summed E-state index contributed by atoms with van der Waals surface area (Å²) in [7, 11) is 1.61. The Morgan fingerprint density at radius 1 is 1.11 bits per heavy atom. The smallest absolute Gasteiger partial charge is 0.286 e. The van der Waals surface area contributed by atoms with Gasteiger partial charge in [-0.2, -0.15) is 10.3 Å². The average Bonchev–Trinajstić information content (AvgIpc) is 3.29. The van der Waals surface area contributed by atoms with Gasteiger partial charge in [-0.1, -0.05) is 24.3 Å². The van der Waals surface area contributed by atoms with Crippen molar-refractivity contribution in [2.75, 3.05) is 33.4 Å². The maximum absolute atomic E-state index is 12.6. The maximum Gasteiger partial charge on any atom is 0.286 e. The van der Waals surface area contributed by atoms with E-state index in [1.807, 2.05) is 48.5 Å². The van der Waals surface area contributed by atoms with E-state index in [2.05, 4.69) is 16.0 Å². The Balaban J connectivity index is 1.43. The lowest BCUT2D eigenvalue weighted by molar-refractivity contribution is -0.121. The highest BCUT2D eigenvalue weighted by Crippen LogP contribution is 2.43. The van der Waals surface area contributed by atoms with Crippen molar-refractivity contribution in [1.29, 1.82) is 5.26 Å². The molecule has 0 radical (unpaired) electrons. The highest BCUT2D eigenvalue weighted by Gasteiger charge is 2.39. The topological polar surface area (TPSA) is 92.0 Å². The van der Waals surface area contributed by atoms with E-state index in [1.54, 1.807) is 7.11 Å². The first-order valence-corrected chi connectivity index (χ1v) is 12.9. The number of rotatable bonds is 4. The molecule has 1 saturated heterocycles. The fourth-order valence-electron chi connectivity index (χ4n) is 4.91. The Morgan fingerprint density at radius 3 is 2.58 bits per heavy atom. The maximum atomic E-state index is 12.6. The van der Waals surface area contributed by atoms with Crippen molar-refractivity contribution in [3.05, 3.63) is 58.5 Å². The number of Topliss-reactive ketones (excluding diaryl/α,β-unsaturated/α-hetero) is 1. The number of nitriles is 1. The number of ether oxygens (including phenoxy) is 2. The van der Waals surface area contributed by atoms with Crippen molar-refractivity contribution in [2.45, 2.75) is 31.1 Å². The number of aliphatic imine (C=N–C) groups is 1. The quantitative estimate of drug-likeness (QED) is 0.567. The lowest BCUT2D eigenvalue weighted by Crippen LogP contribution is -2.38. The van der Waals surface area contributed by atoms with Gasteiger partial charge >= 0.3 is 0 Å². The van der Waals surface area contributed by atoms with Gasteiger partial charge in [0.2, 0.25) is 0 Å². The van der Waals surface area contributed by atoms with E-state index in [9.17, 15) is 14.9 Å². The summed E-state index contributed by atoms with van der Waals surface area (Å²) in [5.74, 6) is 0.645. The Morgan fingerprint density at radius 2 is 1.86 bits per heavy atom. The number of nitrogens with zero attached hydrogens (tertiary/aromatic N) is 3. The van der Waals surface area contributed by atoms with Crippen LogP contribution in [0.5, 0.6) is 5.75 Å². The number of benzene rings is 2. The molecule has 1 amide bonds. The molecule has 0 atom stereocenters. The zero-order valence-electron chi connectivity index (χ0n) is 20.2. The summed E-state index contributed by atoms with van der Waals surface area (Å²) in [5, 5.41) is 10.9. The van der Waals surface area contributed by atoms with Crippen LogP contribution in [0.1, 0.15) is 36.8 Å². The van der Waals surface area contributed by atoms with E-state index >= 15 is 0 Å². The number of carbonyl (C=O) groups is 2. The molecule has 0 N–H and O–H groups in total. The summed E-state index contributed by atoms with van der Waals surface area (Å²) < 4.78 is 11.0. The van der Waals surface area contributed by atoms with E-state index in [-0.39, 0.29) is 11.7 Å². The minimum atomic E-state index is -0.741. The first kappa shape index (κ1) is 24.3. The third-order valence-corrected chi connectivity index (χ3v) is 8.04. The van der Waals surface area contributed by atoms with E-state index in [0.29, 0.717) is 49.6 Å². The van der Waals surface area contributed by atoms with Crippen LogP contribution in [0.15, 0.2) is 52.4 Å². The van der Waals surface area contributed by atoms with Crippen LogP contribution >= 0.6 is 11.8 Å². The lowest BCUT2D eigenvalue weighted by atomic mass is 9.69. The Kier molecular flexibility index (Phi) is 6.95. The van der Waals surface area contributed by atoms with Crippen LogP contribution in [0.25, 0.3) is 17.2 Å². The SMILES string of the molecule is COc1ccc(-c2cccc(/C=C3\SC(N4CCOCC4)=NC3=O)c2)cc1C1(C#N)CCC(=O)CC1.